The van der Waals surface area contributed by atoms with Crippen LogP contribution in [0.5, 0.6) is 0 Å². The highest BCUT2D eigenvalue weighted by Crippen LogP contribution is 2.50. The lowest BCUT2D eigenvalue weighted by Gasteiger charge is -2.20. The topological polar surface area (TPSA) is 65.8 Å². The van der Waals surface area contributed by atoms with Crippen LogP contribution in [-0.4, -0.2) is 37.1 Å². The maximum absolute atomic E-state index is 13.4. The molecule has 0 spiro atoms. The first kappa shape index (κ1) is 27.6. The van der Waals surface area contributed by atoms with E-state index in [0.717, 1.165) is 32.7 Å². The van der Waals surface area contributed by atoms with Crippen molar-refractivity contribution in [3.05, 3.63) is 59.1 Å². The minimum absolute atomic E-state index is 0.0783. The van der Waals surface area contributed by atoms with Gasteiger partial charge in [0.25, 0.3) is 0 Å². The molecule has 0 amide bonds. The highest BCUT2D eigenvalue weighted by molar-refractivity contribution is 9.10. The lowest BCUT2D eigenvalue weighted by atomic mass is 10.1. The molecule has 0 N–H and O–H groups in total. The average molecular weight is 564 g/mol. The Hall–Kier alpha value is -1.96. The van der Waals surface area contributed by atoms with Crippen molar-refractivity contribution in [2.45, 2.75) is 34.4 Å². The van der Waals surface area contributed by atoms with Crippen molar-refractivity contribution in [2.24, 2.45) is 11.8 Å². The fraction of sp³-hybridized carbons (Fsp3) is 0.423. The first-order valence-corrected chi connectivity index (χ1v) is 14.0. The number of phosphoric ester groups is 1. The van der Waals surface area contributed by atoms with Crippen molar-refractivity contribution in [3.63, 3.8) is 0 Å². The Kier molecular flexibility index (Phi) is 9.73. The third kappa shape index (κ3) is 8.02. The van der Waals surface area contributed by atoms with Gasteiger partial charge in [-0.1, -0.05) is 67.9 Å². The molecule has 0 aliphatic rings. The van der Waals surface area contributed by atoms with E-state index in [1.54, 1.807) is 4.68 Å². The molecule has 3 aromatic rings. The van der Waals surface area contributed by atoms with Crippen LogP contribution < -0.4 is 4.90 Å². The van der Waals surface area contributed by atoms with E-state index in [0.29, 0.717) is 0 Å². The summed E-state index contributed by atoms with van der Waals surface area (Å²) in [5.41, 5.74) is 4.65. The molecule has 35 heavy (non-hydrogen) atoms. The number of nitrogens with zero attached hydrogens (tertiary/aromatic N) is 3. The molecule has 2 aromatic carbocycles. The van der Waals surface area contributed by atoms with Crippen molar-refractivity contribution in [1.29, 1.82) is 0 Å². The number of rotatable bonds is 12. The third-order valence-electron chi connectivity index (χ3n) is 5.05. The fourth-order valence-electron chi connectivity index (χ4n) is 3.18. The van der Waals surface area contributed by atoms with Crippen LogP contribution >= 0.6 is 23.8 Å². The van der Waals surface area contributed by atoms with E-state index >= 15 is 0 Å². The monoisotopic (exact) mass is 563 g/mol. The number of phosphoric acid groups is 1. The maximum Gasteiger partial charge on any atom is 0.476 e. The number of hydrogen-bond donors (Lipinski definition) is 0. The van der Waals surface area contributed by atoms with E-state index in [1.807, 2.05) is 84.3 Å². The summed E-state index contributed by atoms with van der Waals surface area (Å²) in [6, 6.07) is 18.1. The number of benzene rings is 2. The summed E-state index contributed by atoms with van der Waals surface area (Å²) >= 11 is 3.55. The van der Waals surface area contributed by atoms with Gasteiger partial charge in [-0.25, -0.2) is 9.25 Å². The molecule has 0 fully saturated rings. The Morgan fingerprint density at radius 2 is 1.54 bits per heavy atom. The van der Waals surface area contributed by atoms with Crippen LogP contribution in [-0.2, 0) is 24.9 Å². The summed E-state index contributed by atoms with van der Waals surface area (Å²) < 4.78 is 33.0. The van der Waals surface area contributed by atoms with Crippen LogP contribution in [0.25, 0.3) is 22.5 Å². The predicted octanol–water partition coefficient (Wildman–Crippen LogP) is 7.47. The summed E-state index contributed by atoms with van der Waals surface area (Å²) in [6.07, 6.45) is 0. The molecule has 0 saturated heterocycles. The zero-order valence-corrected chi connectivity index (χ0v) is 23.8. The van der Waals surface area contributed by atoms with Gasteiger partial charge in [0.15, 0.2) is 6.73 Å². The lowest BCUT2D eigenvalue weighted by molar-refractivity contribution is 0.0729. The van der Waals surface area contributed by atoms with Gasteiger partial charge in [-0.3, -0.25) is 13.6 Å². The second-order valence-electron chi connectivity index (χ2n) is 9.45. The Labute approximate surface area is 217 Å². The van der Waals surface area contributed by atoms with Gasteiger partial charge in [-0.05, 0) is 42.2 Å². The van der Waals surface area contributed by atoms with Gasteiger partial charge in [-0.2, -0.15) is 5.10 Å². The molecule has 0 saturated carbocycles. The van der Waals surface area contributed by atoms with Crippen LogP contribution in [0.1, 0.15) is 27.7 Å². The van der Waals surface area contributed by atoms with E-state index < -0.39 is 7.82 Å². The molecule has 0 bridgehead atoms. The molecule has 190 valence electrons. The minimum atomic E-state index is -3.77. The zero-order chi connectivity index (χ0) is 25.6. The summed E-state index contributed by atoms with van der Waals surface area (Å²) in [5, 5.41) is 4.79. The molecule has 9 heteroatoms. The molecule has 1 heterocycles. The van der Waals surface area contributed by atoms with Gasteiger partial charge in [-0.15, -0.1) is 0 Å². The summed E-state index contributed by atoms with van der Waals surface area (Å²) in [7, 11) is 0.245. The van der Waals surface area contributed by atoms with E-state index in [2.05, 4.69) is 33.0 Å². The molecular weight excluding hydrogens is 529 g/mol. The molecule has 3 rings (SSSR count). The van der Waals surface area contributed by atoms with E-state index in [4.69, 9.17) is 18.7 Å². The van der Waals surface area contributed by atoms with Crippen LogP contribution in [0.4, 0.5) is 5.69 Å². The summed E-state index contributed by atoms with van der Waals surface area (Å²) in [4.78, 5) is 2.05. The van der Waals surface area contributed by atoms with Gasteiger partial charge < -0.3 is 4.90 Å². The van der Waals surface area contributed by atoms with Crippen molar-refractivity contribution >= 4 is 29.4 Å². The SMILES string of the molecule is CC(C)COP(=O)(OCC(C)C)OCn1nc(-c2ccc(N(C)C)cc2)cc1-c1cccc(Br)c1. The van der Waals surface area contributed by atoms with Crippen molar-refractivity contribution in [2.75, 3.05) is 32.2 Å². The normalized spacial score (nSPS) is 12.0. The van der Waals surface area contributed by atoms with Crippen LogP contribution in [0.15, 0.2) is 59.1 Å². The standard InChI is InChI=1S/C26H35BrN3O4P/c1-19(2)16-32-35(31,33-17-20(3)4)34-18-30-26(22-8-7-9-23(27)14-22)15-25(28-30)21-10-12-24(13-11-21)29(5)6/h7-15,19-20H,16-18H2,1-6H3. The highest BCUT2D eigenvalue weighted by Gasteiger charge is 2.28. The van der Waals surface area contributed by atoms with E-state index in [-0.39, 0.29) is 31.8 Å². The number of aromatic nitrogens is 2. The Morgan fingerprint density at radius 3 is 2.09 bits per heavy atom. The molecule has 0 aliphatic heterocycles. The van der Waals surface area contributed by atoms with E-state index in [9.17, 15) is 4.57 Å². The first-order chi connectivity index (χ1) is 16.6. The Balaban J connectivity index is 1.93. The number of halogens is 1. The first-order valence-electron chi connectivity index (χ1n) is 11.7. The Morgan fingerprint density at radius 1 is 0.914 bits per heavy atom. The Bertz CT molecular complexity index is 1130. The molecule has 7 nitrogen and oxygen atoms in total. The predicted molar refractivity (Wildman–Crippen MR) is 145 cm³/mol. The largest absolute Gasteiger partial charge is 0.476 e. The van der Waals surface area contributed by atoms with Crippen molar-refractivity contribution in [1.82, 2.24) is 9.78 Å². The van der Waals surface area contributed by atoms with E-state index in [1.165, 1.54) is 0 Å². The molecule has 0 atom stereocenters. The third-order valence-corrected chi connectivity index (χ3v) is 6.91. The molecule has 0 radical (unpaired) electrons. The number of hydrogen-bond acceptors (Lipinski definition) is 6. The molecule has 0 aliphatic carbocycles. The van der Waals surface area contributed by atoms with Crippen LogP contribution in [0.2, 0.25) is 0 Å². The zero-order valence-electron chi connectivity index (χ0n) is 21.3. The molecule has 1 aromatic heterocycles. The fourth-order valence-corrected chi connectivity index (χ4v) is 5.02. The minimum Gasteiger partial charge on any atom is -0.378 e. The molecule has 0 unspecified atom stereocenters. The lowest BCUT2D eigenvalue weighted by Crippen LogP contribution is -2.11. The smallest absolute Gasteiger partial charge is 0.378 e. The van der Waals surface area contributed by atoms with Gasteiger partial charge in [0.05, 0.1) is 24.6 Å². The van der Waals surface area contributed by atoms with Gasteiger partial charge in [0.1, 0.15) is 0 Å². The van der Waals surface area contributed by atoms with Gasteiger partial charge >= 0.3 is 7.82 Å². The quantitative estimate of drug-likeness (QED) is 0.213. The number of anilines is 1. The molecular formula is C26H35BrN3O4P. The van der Waals surface area contributed by atoms with Crippen molar-refractivity contribution < 1.29 is 18.1 Å². The highest BCUT2D eigenvalue weighted by atomic mass is 79.9. The van der Waals surface area contributed by atoms with Gasteiger partial charge in [0.2, 0.25) is 0 Å². The summed E-state index contributed by atoms with van der Waals surface area (Å²) in [5.74, 6) is 0.376. The van der Waals surface area contributed by atoms with Crippen LogP contribution in [0.3, 0.4) is 0 Å². The van der Waals surface area contributed by atoms with Gasteiger partial charge in [0, 0.05) is 35.4 Å². The second kappa shape index (κ2) is 12.3. The second-order valence-corrected chi connectivity index (χ2v) is 12.0. The maximum atomic E-state index is 13.4. The van der Waals surface area contributed by atoms with Crippen molar-refractivity contribution in [3.8, 4) is 22.5 Å². The average Bonchev–Trinajstić information content (AvgIpc) is 3.25. The summed E-state index contributed by atoms with van der Waals surface area (Å²) in [6.45, 7) is 8.41. The van der Waals surface area contributed by atoms with Crippen LogP contribution in [0, 0.1) is 11.8 Å².